The SMILES string of the molecule is COc1ccc(-c2cccc(C(=O)O)c2)cc1CC1(C(=O)c2ccc(OC3CCCC3)cc2Cl)C=CC=N1. The fourth-order valence-electron chi connectivity index (χ4n) is 5.14. The zero-order chi connectivity index (χ0) is 26.7. The number of methoxy groups -OCH3 is 1. The van der Waals surface area contributed by atoms with Crippen LogP contribution in [-0.2, 0) is 6.42 Å². The maximum Gasteiger partial charge on any atom is 0.335 e. The van der Waals surface area contributed by atoms with Crippen molar-refractivity contribution in [2.24, 2.45) is 4.99 Å². The molecule has 0 saturated heterocycles. The second-order valence-electron chi connectivity index (χ2n) is 9.65. The Bertz CT molecular complexity index is 1430. The van der Waals surface area contributed by atoms with Crippen molar-refractivity contribution in [1.29, 1.82) is 0 Å². The Hall–Kier alpha value is -3.90. The third-order valence-electron chi connectivity index (χ3n) is 7.13. The van der Waals surface area contributed by atoms with Crippen LogP contribution in [0.5, 0.6) is 11.5 Å². The van der Waals surface area contributed by atoms with Crippen LogP contribution in [0.4, 0.5) is 0 Å². The molecule has 5 rings (SSSR count). The van der Waals surface area contributed by atoms with Gasteiger partial charge in [-0.2, -0.15) is 0 Å². The van der Waals surface area contributed by atoms with Gasteiger partial charge in [0.05, 0.1) is 23.8 Å². The number of Topliss-reactive ketones (excluding diaryl/α,β-unsaturated/α-hetero) is 1. The van der Waals surface area contributed by atoms with Crippen molar-refractivity contribution in [1.82, 2.24) is 0 Å². The van der Waals surface area contributed by atoms with Gasteiger partial charge in [0, 0.05) is 18.2 Å². The van der Waals surface area contributed by atoms with Crippen molar-refractivity contribution in [3.63, 3.8) is 0 Å². The largest absolute Gasteiger partial charge is 0.496 e. The van der Waals surface area contributed by atoms with Crippen LogP contribution >= 0.6 is 11.6 Å². The third-order valence-corrected chi connectivity index (χ3v) is 7.44. The summed E-state index contributed by atoms with van der Waals surface area (Å²) in [6.45, 7) is 0. The summed E-state index contributed by atoms with van der Waals surface area (Å²) in [4.78, 5) is 30.0. The highest BCUT2D eigenvalue weighted by molar-refractivity contribution is 6.34. The first-order valence-electron chi connectivity index (χ1n) is 12.6. The molecule has 1 fully saturated rings. The summed E-state index contributed by atoms with van der Waals surface area (Å²) < 4.78 is 11.7. The molecule has 38 heavy (non-hydrogen) atoms. The molecule has 2 aliphatic rings. The number of carbonyl (C=O) groups is 2. The smallest absolute Gasteiger partial charge is 0.335 e. The van der Waals surface area contributed by atoms with Crippen molar-refractivity contribution in [2.75, 3.05) is 7.11 Å². The van der Waals surface area contributed by atoms with Crippen LogP contribution in [0.25, 0.3) is 11.1 Å². The van der Waals surface area contributed by atoms with Crippen molar-refractivity contribution in [2.45, 2.75) is 43.7 Å². The number of allylic oxidation sites excluding steroid dienone is 1. The normalized spacial score (nSPS) is 18.6. The number of carbonyl (C=O) groups excluding carboxylic acids is 1. The number of hydrogen-bond acceptors (Lipinski definition) is 5. The lowest BCUT2D eigenvalue weighted by molar-refractivity contribution is 0.0696. The summed E-state index contributed by atoms with van der Waals surface area (Å²) >= 11 is 6.61. The number of aliphatic imine (C=N–C) groups is 1. The van der Waals surface area contributed by atoms with Gasteiger partial charge in [-0.15, -0.1) is 0 Å². The number of halogens is 1. The zero-order valence-electron chi connectivity index (χ0n) is 21.0. The summed E-state index contributed by atoms with van der Waals surface area (Å²) in [5, 5.41) is 9.72. The maximum atomic E-state index is 13.9. The highest BCUT2D eigenvalue weighted by Crippen LogP contribution is 2.36. The number of carboxylic acids is 1. The van der Waals surface area contributed by atoms with E-state index in [1.165, 1.54) is 0 Å². The first-order chi connectivity index (χ1) is 18.4. The molecule has 0 bridgehead atoms. The van der Waals surface area contributed by atoms with Crippen LogP contribution in [0.2, 0.25) is 5.02 Å². The molecule has 1 aliphatic heterocycles. The van der Waals surface area contributed by atoms with Crippen molar-refractivity contribution < 1.29 is 24.2 Å². The molecule has 0 radical (unpaired) electrons. The summed E-state index contributed by atoms with van der Waals surface area (Å²) in [5.41, 5.74) is 1.71. The van der Waals surface area contributed by atoms with E-state index in [1.807, 2.05) is 24.3 Å². The number of ketones is 1. The first-order valence-corrected chi connectivity index (χ1v) is 13.0. The topological polar surface area (TPSA) is 85.2 Å². The van der Waals surface area contributed by atoms with Gasteiger partial charge in [0.15, 0.2) is 5.78 Å². The summed E-state index contributed by atoms with van der Waals surface area (Å²) in [5.74, 6) is 0.0560. The Morgan fingerprint density at radius 1 is 1.05 bits per heavy atom. The number of aromatic carboxylic acids is 1. The van der Waals surface area contributed by atoms with Gasteiger partial charge in [0.1, 0.15) is 17.0 Å². The Kier molecular flexibility index (Phi) is 7.34. The monoisotopic (exact) mass is 529 g/mol. The number of hydrogen-bond donors (Lipinski definition) is 1. The van der Waals surface area contributed by atoms with Crippen molar-refractivity contribution >= 4 is 29.6 Å². The van der Waals surface area contributed by atoms with Crippen LogP contribution in [-0.4, -0.2) is 41.8 Å². The molecule has 0 spiro atoms. The predicted octanol–water partition coefficient (Wildman–Crippen LogP) is 6.84. The van der Waals surface area contributed by atoms with E-state index < -0.39 is 11.5 Å². The van der Waals surface area contributed by atoms with Crippen molar-refractivity contribution in [3.05, 3.63) is 94.5 Å². The molecular formula is C31H28ClNO5. The number of benzene rings is 3. The molecule has 1 atom stereocenters. The van der Waals surface area contributed by atoms with E-state index in [9.17, 15) is 14.7 Å². The van der Waals surface area contributed by atoms with E-state index in [2.05, 4.69) is 4.99 Å². The van der Waals surface area contributed by atoms with Crippen LogP contribution in [0, 0.1) is 0 Å². The standard InChI is InChI=1S/C31H28ClNO5/c1-37-28-13-10-21(20-6-4-7-22(16-20)30(35)36)17-23(28)19-31(14-5-15-33-31)29(34)26-12-11-25(18-27(26)32)38-24-8-2-3-9-24/h4-7,10-18,24H,2-3,8-9,19H2,1H3,(H,35,36). The molecule has 1 saturated carbocycles. The van der Waals surface area contributed by atoms with E-state index in [-0.39, 0.29) is 23.9 Å². The first kappa shape index (κ1) is 25.7. The molecule has 1 heterocycles. The fourth-order valence-corrected chi connectivity index (χ4v) is 5.40. The predicted molar refractivity (Wildman–Crippen MR) is 148 cm³/mol. The Morgan fingerprint density at radius 3 is 2.53 bits per heavy atom. The number of rotatable bonds is 9. The Balaban J connectivity index is 1.46. The Labute approximate surface area is 226 Å². The quantitative estimate of drug-likeness (QED) is 0.307. The second kappa shape index (κ2) is 10.8. The van der Waals surface area contributed by atoms with Gasteiger partial charge in [-0.25, -0.2) is 4.79 Å². The average molecular weight is 530 g/mol. The van der Waals surface area contributed by atoms with E-state index in [1.54, 1.807) is 61.9 Å². The minimum Gasteiger partial charge on any atom is -0.496 e. The number of ether oxygens (including phenoxy) is 2. The van der Waals surface area contributed by atoms with Crippen LogP contribution in [0.15, 0.2) is 77.8 Å². The van der Waals surface area contributed by atoms with Gasteiger partial charge in [-0.1, -0.05) is 29.8 Å². The van der Waals surface area contributed by atoms with Crippen LogP contribution in [0.1, 0.15) is 52.0 Å². The molecule has 194 valence electrons. The molecule has 0 aromatic heterocycles. The highest BCUT2D eigenvalue weighted by atomic mass is 35.5. The molecule has 3 aromatic carbocycles. The lowest BCUT2D eigenvalue weighted by atomic mass is 9.83. The molecule has 0 amide bonds. The van der Waals surface area contributed by atoms with Gasteiger partial charge >= 0.3 is 5.97 Å². The minimum absolute atomic E-state index is 0.192. The van der Waals surface area contributed by atoms with Gasteiger partial charge in [-0.3, -0.25) is 9.79 Å². The van der Waals surface area contributed by atoms with Gasteiger partial charge in [0.2, 0.25) is 0 Å². The lowest BCUT2D eigenvalue weighted by Gasteiger charge is -2.25. The average Bonchev–Trinajstić information content (AvgIpc) is 3.61. The Morgan fingerprint density at radius 2 is 1.84 bits per heavy atom. The highest BCUT2D eigenvalue weighted by Gasteiger charge is 2.39. The molecule has 1 aliphatic carbocycles. The van der Waals surface area contributed by atoms with Gasteiger partial charge in [0.25, 0.3) is 0 Å². The molecular weight excluding hydrogens is 502 g/mol. The maximum absolute atomic E-state index is 13.9. The third kappa shape index (κ3) is 5.22. The number of nitrogens with zero attached hydrogens (tertiary/aromatic N) is 1. The summed E-state index contributed by atoms with van der Waals surface area (Å²) in [6, 6.07) is 17.5. The molecule has 7 heteroatoms. The van der Waals surface area contributed by atoms with Gasteiger partial charge < -0.3 is 14.6 Å². The zero-order valence-corrected chi connectivity index (χ0v) is 21.8. The van der Waals surface area contributed by atoms with E-state index in [0.29, 0.717) is 22.1 Å². The molecule has 1 N–H and O–H groups in total. The summed E-state index contributed by atoms with van der Waals surface area (Å²) in [7, 11) is 1.58. The van der Waals surface area contributed by atoms with Crippen LogP contribution < -0.4 is 9.47 Å². The molecule has 6 nitrogen and oxygen atoms in total. The van der Waals surface area contributed by atoms with Gasteiger partial charge in [-0.05, 0) is 97.0 Å². The second-order valence-corrected chi connectivity index (χ2v) is 10.1. The van der Waals surface area contributed by atoms with E-state index >= 15 is 0 Å². The summed E-state index contributed by atoms with van der Waals surface area (Å²) in [6.07, 6.45) is 9.99. The van der Waals surface area contributed by atoms with E-state index in [4.69, 9.17) is 21.1 Å². The number of carboxylic acid groups (broad SMARTS) is 1. The fraction of sp³-hybridized carbons (Fsp3) is 0.258. The molecule has 3 aromatic rings. The van der Waals surface area contributed by atoms with E-state index in [0.717, 1.165) is 42.4 Å². The van der Waals surface area contributed by atoms with Crippen LogP contribution in [0.3, 0.4) is 0 Å². The minimum atomic E-state index is -1.19. The lowest BCUT2D eigenvalue weighted by Crippen LogP contribution is -2.36. The van der Waals surface area contributed by atoms with Crippen molar-refractivity contribution in [3.8, 4) is 22.6 Å². The molecule has 1 unspecified atom stereocenters.